The molecule has 35 heavy (non-hydrogen) atoms. The lowest BCUT2D eigenvalue weighted by Gasteiger charge is -2.26. The van der Waals surface area contributed by atoms with E-state index in [-0.39, 0.29) is 11.3 Å². The maximum absolute atomic E-state index is 12.5. The molecule has 180 valence electrons. The number of aliphatic carboxylic acids is 1. The van der Waals surface area contributed by atoms with E-state index in [0.717, 1.165) is 33.8 Å². The van der Waals surface area contributed by atoms with Crippen LogP contribution in [-0.4, -0.2) is 30.7 Å². The monoisotopic (exact) mass is 487 g/mol. The van der Waals surface area contributed by atoms with Gasteiger partial charge in [-0.2, -0.15) is 0 Å². The summed E-state index contributed by atoms with van der Waals surface area (Å²) in [5, 5.41) is 11.3. The second kappa shape index (κ2) is 9.27. The molecule has 0 saturated carbocycles. The van der Waals surface area contributed by atoms with E-state index in [2.05, 4.69) is 31.0 Å². The van der Waals surface area contributed by atoms with Gasteiger partial charge in [0.15, 0.2) is 9.84 Å². The van der Waals surface area contributed by atoms with Gasteiger partial charge in [0.05, 0.1) is 15.8 Å². The Balaban J connectivity index is 1.80. The molecule has 0 amide bonds. The van der Waals surface area contributed by atoms with Gasteiger partial charge in [0.1, 0.15) is 0 Å². The van der Waals surface area contributed by atoms with Crippen molar-refractivity contribution in [3.8, 4) is 11.1 Å². The van der Waals surface area contributed by atoms with Gasteiger partial charge in [-0.25, -0.2) is 8.42 Å². The molecule has 1 unspecified atom stereocenters. The molecular formula is C29H29NO4S. The zero-order valence-electron chi connectivity index (χ0n) is 20.3. The van der Waals surface area contributed by atoms with E-state index in [4.69, 9.17) is 0 Å². The minimum absolute atomic E-state index is 0.213. The van der Waals surface area contributed by atoms with Crippen LogP contribution in [0.2, 0.25) is 0 Å². The number of carbonyl (C=O) groups is 1. The van der Waals surface area contributed by atoms with Crippen molar-refractivity contribution in [2.45, 2.75) is 43.4 Å². The number of hydrogen-bond donors (Lipinski definition) is 1. The second-order valence-corrected chi connectivity index (χ2v) is 11.6. The molecule has 1 heterocycles. The summed E-state index contributed by atoms with van der Waals surface area (Å²) in [7, 11) is -3.32. The van der Waals surface area contributed by atoms with Crippen molar-refractivity contribution in [3.05, 3.63) is 95.7 Å². The first-order chi connectivity index (χ1) is 16.5. The molecule has 0 radical (unpaired) electrons. The fourth-order valence-electron chi connectivity index (χ4n) is 4.36. The first kappa shape index (κ1) is 24.6. The SMILES string of the molecule is CC(C)c1cc(-c2cccc(C(C)(Cc3ccc(S(C)(=O)=O)cc3)C(=O)O)c2)c2ncccc2c1. The molecule has 1 N–H and O–H groups in total. The molecule has 6 heteroatoms. The number of carboxylic acid groups (broad SMARTS) is 1. The van der Waals surface area contributed by atoms with Gasteiger partial charge in [0.2, 0.25) is 0 Å². The van der Waals surface area contributed by atoms with E-state index in [0.29, 0.717) is 11.5 Å². The van der Waals surface area contributed by atoms with E-state index in [1.54, 1.807) is 25.3 Å². The van der Waals surface area contributed by atoms with Crippen LogP contribution in [0.4, 0.5) is 0 Å². The standard InChI is InChI=1S/C29H29NO4S/c1-19(2)23-15-22-8-6-14-30-27(22)26(17-23)21-7-5-9-24(16-21)29(3,28(31)32)18-20-10-12-25(13-11-20)35(4,33)34/h5-17,19H,18H2,1-4H3,(H,31,32). The van der Waals surface area contributed by atoms with E-state index in [9.17, 15) is 18.3 Å². The molecule has 3 aromatic carbocycles. The van der Waals surface area contributed by atoms with E-state index in [1.807, 2.05) is 36.4 Å². The summed E-state index contributed by atoms with van der Waals surface area (Å²) in [5.41, 5.74) is 4.17. The molecule has 1 atom stereocenters. The fourth-order valence-corrected chi connectivity index (χ4v) is 4.99. The number of rotatable bonds is 7. The maximum atomic E-state index is 12.5. The molecule has 1 aromatic heterocycles. The summed E-state index contributed by atoms with van der Waals surface area (Å²) < 4.78 is 23.6. The first-order valence-corrected chi connectivity index (χ1v) is 13.4. The normalized spacial score (nSPS) is 13.6. The number of pyridine rings is 1. The largest absolute Gasteiger partial charge is 0.481 e. The van der Waals surface area contributed by atoms with Gasteiger partial charge >= 0.3 is 5.97 Å². The predicted octanol–water partition coefficient (Wildman–Crippen LogP) is 6.01. The number of hydrogen-bond acceptors (Lipinski definition) is 4. The van der Waals surface area contributed by atoms with Gasteiger partial charge in [-0.15, -0.1) is 0 Å². The van der Waals surface area contributed by atoms with Crippen LogP contribution in [0.3, 0.4) is 0 Å². The van der Waals surface area contributed by atoms with Crippen molar-refractivity contribution in [1.82, 2.24) is 4.98 Å². The van der Waals surface area contributed by atoms with Crippen molar-refractivity contribution >= 4 is 26.7 Å². The van der Waals surface area contributed by atoms with E-state index in [1.165, 1.54) is 17.7 Å². The Labute approximate surface area is 206 Å². The highest BCUT2D eigenvalue weighted by Crippen LogP contribution is 2.35. The van der Waals surface area contributed by atoms with Crippen LogP contribution >= 0.6 is 0 Å². The Hall–Kier alpha value is -3.51. The van der Waals surface area contributed by atoms with Gasteiger partial charge in [0.25, 0.3) is 0 Å². The number of aromatic nitrogens is 1. The minimum Gasteiger partial charge on any atom is -0.481 e. The van der Waals surface area contributed by atoms with Crippen molar-refractivity contribution < 1.29 is 18.3 Å². The van der Waals surface area contributed by atoms with E-state index >= 15 is 0 Å². The highest BCUT2D eigenvalue weighted by Gasteiger charge is 2.35. The third-order valence-electron chi connectivity index (χ3n) is 6.59. The summed E-state index contributed by atoms with van der Waals surface area (Å²) in [5.74, 6) is -0.610. The summed E-state index contributed by atoms with van der Waals surface area (Å²) in [4.78, 5) is 17.4. The number of benzene rings is 3. The molecule has 0 saturated heterocycles. The number of nitrogens with zero attached hydrogens (tertiary/aromatic N) is 1. The van der Waals surface area contributed by atoms with Crippen LogP contribution in [-0.2, 0) is 26.5 Å². The summed E-state index contributed by atoms with van der Waals surface area (Å²) in [6.07, 6.45) is 3.15. The quantitative estimate of drug-likeness (QED) is 0.345. The van der Waals surface area contributed by atoms with Crippen LogP contribution < -0.4 is 0 Å². The Morgan fingerprint density at radius 2 is 1.71 bits per heavy atom. The third kappa shape index (κ3) is 4.98. The van der Waals surface area contributed by atoms with Crippen molar-refractivity contribution in [2.24, 2.45) is 0 Å². The van der Waals surface area contributed by atoms with Gasteiger partial charge in [-0.3, -0.25) is 9.78 Å². The van der Waals surface area contributed by atoms with Crippen LogP contribution in [0.25, 0.3) is 22.0 Å². The first-order valence-electron chi connectivity index (χ1n) is 11.5. The number of fused-ring (bicyclic) bond motifs is 1. The molecule has 0 fully saturated rings. The third-order valence-corrected chi connectivity index (χ3v) is 7.71. The predicted molar refractivity (Wildman–Crippen MR) is 140 cm³/mol. The molecule has 0 spiro atoms. The molecule has 0 aliphatic carbocycles. The Kier molecular flexibility index (Phi) is 6.52. The summed E-state index contributed by atoms with van der Waals surface area (Å²) in [6, 6.07) is 22.3. The molecule has 5 nitrogen and oxygen atoms in total. The van der Waals surface area contributed by atoms with Gasteiger partial charge < -0.3 is 5.11 Å². The molecule has 0 aliphatic rings. The lowest BCUT2D eigenvalue weighted by Crippen LogP contribution is -2.34. The fraction of sp³-hybridized carbons (Fsp3) is 0.241. The Morgan fingerprint density at radius 1 is 1.00 bits per heavy atom. The van der Waals surface area contributed by atoms with Gasteiger partial charge in [0, 0.05) is 23.4 Å². The lowest BCUT2D eigenvalue weighted by atomic mass is 9.76. The zero-order valence-corrected chi connectivity index (χ0v) is 21.1. The molecule has 0 bridgehead atoms. The highest BCUT2D eigenvalue weighted by atomic mass is 32.2. The average Bonchev–Trinajstić information content (AvgIpc) is 2.83. The van der Waals surface area contributed by atoms with Crippen LogP contribution in [0.15, 0.2) is 83.9 Å². The number of sulfone groups is 1. The molecule has 4 rings (SSSR count). The lowest BCUT2D eigenvalue weighted by molar-refractivity contribution is -0.143. The van der Waals surface area contributed by atoms with Crippen LogP contribution in [0.1, 0.15) is 43.4 Å². The average molecular weight is 488 g/mol. The molecule has 0 aliphatic heterocycles. The van der Waals surface area contributed by atoms with Gasteiger partial charge in [-0.1, -0.05) is 50.2 Å². The van der Waals surface area contributed by atoms with Crippen molar-refractivity contribution in [2.75, 3.05) is 6.26 Å². The molecular weight excluding hydrogens is 458 g/mol. The van der Waals surface area contributed by atoms with E-state index < -0.39 is 21.2 Å². The summed E-state index contributed by atoms with van der Waals surface area (Å²) >= 11 is 0. The minimum atomic E-state index is -3.32. The van der Waals surface area contributed by atoms with Crippen LogP contribution in [0.5, 0.6) is 0 Å². The zero-order chi connectivity index (χ0) is 25.4. The summed E-state index contributed by atoms with van der Waals surface area (Å²) in [6.45, 7) is 6.00. The maximum Gasteiger partial charge on any atom is 0.314 e. The second-order valence-electron chi connectivity index (χ2n) is 9.61. The topological polar surface area (TPSA) is 84.3 Å². The Morgan fingerprint density at radius 3 is 2.34 bits per heavy atom. The van der Waals surface area contributed by atoms with Crippen molar-refractivity contribution in [1.29, 1.82) is 0 Å². The number of carboxylic acids is 1. The van der Waals surface area contributed by atoms with Crippen molar-refractivity contribution in [3.63, 3.8) is 0 Å². The van der Waals surface area contributed by atoms with Crippen LogP contribution in [0, 0.1) is 0 Å². The van der Waals surface area contributed by atoms with Gasteiger partial charge in [-0.05, 0) is 77.9 Å². The molecule has 4 aromatic rings. The smallest absolute Gasteiger partial charge is 0.314 e. The Bertz CT molecular complexity index is 1510. The highest BCUT2D eigenvalue weighted by molar-refractivity contribution is 7.90.